The fourth-order valence-electron chi connectivity index (χ4n) is 3.79. The van der Waals surface area contributed by atoms with Crippen molar-refractivity contribution in [3.63, 3.8) is 0 Å². The van der Waals surface area contributed by atoms with E-state index in [1.807, 2.05) is 84.9 Å². The quantitative estimate of drug-likeness (QED) is 0.230. The van der Waals surface area contributed by atoms with Crippen LogP contribution in [0.3, 0.4) is 0 Å². The minimum atomic E-state index is -2.48. The number of nitrogens with zero attached hydrogens (tertiary/aromatic N) is 1. The molecule has 0 aliphatic heterocycles. The van der Waals surface area contributed by atoms with E-state index in [4.69, 9.17) is 12.6 Å². The van der Waals surface area contributed by atoms with Crippen molar-refractivity contribution in [3.8, 4) is 6.07 Å². The first-order valence-corrected chi connectivity index (χ1v) is 12.2. The smallest absolute Gasteiger partial charge is 0.215 e. The van der Waals surface area contributed by atoms with Crippen molar-refractivity contribution in [2.75, 3.05) is 5.32 Å². The fourth-order valence-corrected chi connectivity index (χ4v) is 8.47. The molecule has 0 saturated carbocycles. The van der Waals surface area contributed by atoms with Crippen molar-refractivity contribution in [1.82, 2.24) is 0 Å². The zero-order chi connectivity index (χ0) is 21.5. The van der Waals surface area contributed by atoms with Gasteiger partial charge < -0.3 is 5.32 Å². The van der Waals surface area contributed by atoms with Crippen LogP contribution in [0.2, 0.25) is 0 Å². The SMILES string of the molecule is N#C/C(=C(/S)Nc1ccccc1)[P+](c1ccccc1)(c1ccccc1)c1ccccc1. The minimum absolute atomic E-state index is 0.568. The van der Waals surface area contributed by atoms with E-state index in [-0.39, 0.29) is 0 Å². The highest BCUT2D eigenvalue weighted by atomic mass is 32.1. The molecule has 0 aromatic heterocycles. The number of hydrogen-bond donors (Lipinski definition) is 2. The van der Waals surface area contributed by atoms with E-state index in [2.05, 4.69) is 47.8 Å². The van der Waals surface area contributed by atoms with Crippen LogP contribution in [0.1, 0.15) is 0 Å². The van der Waals surface area contributed by atoms with Gasteiger partial charge in [-0.25, -0.2) is 0 Å². The number of rotatable bonds is 6. The average Bonchev–Trinajstić information content (AvgIpc) is 2.84. The first-order valence-electron chi connectivity index (χ1n) is 9.98. The summed E-state index contributed by atoms with van der Waals surface area (Å²) in [6, 6.07) is 43.3. The molecule has 0 aliphatic carbocycles. The molecular weight excluding hydrogens is 415 g/mol. The number of para-hydroxylation sites is 1. The van der Waals surface area contributed by atoms with E-state index in [0.717, 1.165) is 21.6 Å². The van der Waals surface area contributed by atoms with Crippen LogP contribution in [0, 0.1) is 11.3 Å². The van der Waals surface area contributed by atoms with Crippen LogP contribution in [0.5, 0.6) is 0 Å². The van der Waals surface area contributed by atoms with Crippen molar-refractivity contribution in [2.45, 2.75) is 0 Å². The third-order valence-electron chi connectivity index (χ3n) is 5.13. The summed E-state index contributed by atoms with van der Waals surface area (Å²) in [6.45, 7) is 0. The molecule has 0 heterocycles. The minimum Gasteiger partial charge on any atom is -0.347 e. The molecule has 0 fully saturated rings. The zero-order valence-corrected chi connectivity index (χ0v) is 18.7. The monoisotopic (exact) mass is 437 g/mol. The molecule has 0 spiro atoms. The molecule has 4 aromatic rings. The van der Waals surface area contributed by atoms with Crippen molar-refractivity contribution >= 4 is 41.5 Å². The Morgan fingerprint density at radius 2 is 0.968 bits per heavy atom. The molecule has 0 saturated heterocycles. The molecule has 0 atom stereocenters. The zero-order valence-electron chi connectivity index (χ0n) is 16.9. The topological polar surface area (TPSA) is 35.8 Å². The summed E-state index contributed by atoms with van der Waals surface area (Å²) in [5.74, 6) is 0. The molecule has 0 bridgehead atoms. The van der Waals surface area contributed by atoms with Crippen molar-refractivity contribution in [1.29, 1.82) is 5.26 Å². The highest BCUT2D eigenvalue weighted by molar-refractivity contribution is 8.00. The van der Waals surface area contributed by atoms with Crippen LogP contribution in [0.15, 0.2) is 132 Å². The van der Waals surface area contributed by atoms with Crippen molar-refractivity contribution in [3.05, 3.63) is 132 Å². The molecule has 4 aromatic carbocycles. The van der Waals surface area contributed by atoms with Crippen molar-refractivity contribution in [2.24, 2.45) is 0 Å². The summed E-state index contributed by atoms with van der Waals surface area (Å²) in [5, 5.41) is 18.4. The number of thiol groups is 1. The van der Waals surface area contributed by atoms with E-state index < -0.39 is 7.26 Å². The Balaban J connectivity index is 2.06. The first kappa shape index (κ1) is 20.9. The largest absolute Gasteiger partial charge is 0.347 e. The predicted octanol–water partition coefficient (Wildman–Crippen LogP) is 5.72. The lowest BCUT2D eigenvalue weighted by Crippen LogP contribution is -2.32. The molecule has 2 nitrogen and oxygen atoms in total. The molecule has 0 amide bonds. The van der Waals surface area contributed by atoms with Crippen LogP contribution in [0.25, 0.3) is 0 Å². The second kappa shape index (κ2) is 9.67. The van der Waals surface area contributed by atoms with Crippen molar-refractivity contribution < 1.29 is 0 Å². The van der Waals surface area contributed by atoms with Crippen LogP contribution < -0.4 is 21.2 Å². The summed E-state index contributed by atoms with van der Waals surface area (Å²) in [4.78, 5) is 0. The fraction of sp³-hybridized carbons (Fsp3) is 0. The standard InChI is InChI=1S/C27H21N2PS/c28-21-26(27(31)29-22-13-5-1-6-14-22)30(23-15-7-2-8-16-23,24-17-9-3-10-18-24)25-19-11-4-12-20-25/h1-20,29H/p+1/b27-26-. The number of hydrogen-bond acceptors (Lipinski definition) is 3. The van der Waals surface area contributed by atoms with Gasteiger partial charge in [-0.05, 0) is 48.5 Å². The van der Waals surface area contributed by atoms with Gasteiger partial charge in [0.25, 0.3) is 0 Å². The Morgan fingerprint density at radius 1 is 0.613 bits per heavy atom. The lowest BCUT2D eigenvalue weighted by Gasteiger charge is -2.27. The summed E-state index contributed by atoms with van der Waals surface area (Å²) in [5.41, 5.74) is 0.896. The van der Waals surface area contributed by atoms with E-state index >= 15 is 0 Å². The van der Waals surface area contributed by atoms with E-state index in [1.54, 1.807) is 0 Å². The third kappa shape index (κ3) is 4.14. The highest BCUT2D eigenvalue weighted by Gasteiger charge is 2.51. The summed E-state index contributed by atoms with van der Waals surface area (Å²) in [7, 11) is -2.48. The number of anilines is 1. The normalized spacial score (nSPS) is 11.9. The Hall–Kier alpha value is -3.31. The maximum atomic E-state index is 10.5. The number of benzene rings is 4. The maximum absolute atomic E-state index is 10.5. The maximum Gasteiger partial charge on any atom is 0.215 e. The van der Waals surface area contributed by atoms with Gasteiger partial charge >= 0.3 is 0 Å². The molecule has 4 rings (SSSR count). The van der Waals surface area contributed by atoms with Gasteiger partial charge in [-0.3, -0.25) is 0 Å². The first-order chi connectivity index (χ1) is 15.3. The van der Waals surface area contributed by atoms with E-state index in [1.165, 1.54) is 0 Å². The van der Waals surface area contributed by atoms with Gasteiger partial charge in [-0.15, -0.1) is 12.6 Å². The summed E-state index contributed by atoms with van der Waals surface area (Å²) < 4.78 is 0. The van der Waals surface area contributed by atoms with Crippen LogP contribution in [0.4, 0.5) is 5.69 Å². The summed E-state index contributed by atoms with van der Waals surface area (Å²) >= 11 is 4.83. The van der Waals surface area contributed by atoms with Crippen LogP contribution in [-0.2, 0) is 0 Å². The van der Waals surface area contributed by atoms with Gasteiger partial charge in [0.2, 0.25) is 5.31 Å². The number of nitrogens with one attached hydrogen (secondary N) is 1. The Labute approximate surface area is 189 Å². The molecular formula is C27H22N2PS+. The molecule has 0 aliphatic rings. The Kier molecular flexibility index (Phi) is 6.53. The molecule has 0 unspecified atom stereocenters. The van der Waals surface area contributed by atoms with Gasteiger partial charge in [-0.2, -0.15) is 5.26 Å². The lowest BCUT2D eigenvalue weighted by molar-refractivity contribution is 1.49. The second-order valence-electron chi connectivity index (χ2n) is 6.98. The molecule has 4 heteroatoms. The van der Waals surface area contributed by atoms with Gasteiger partial charge in [0.1, 0.15) is 27.0 Å². The van der Waals surface area contributed by atoms with Gasteiger partial charge in [0, 0.05) is 5.69 Å². The predicted molar refractivity (Wildman–Crippen MR) is 137 cm³/mol. The molecule has 0 radical (unpaired) electrons. The molecule has 31 heavy (non-hydrogen) atoms. The lowest BCUT2D eigenvalue weighted by atomic mass is 10.3. The number of nitriles is 1. The van der Waals surface area contributed by atoms with E-state index in [9.17, 15) is 5.26 Å². The second-order valence-corrected chi connectivity index (χ2v) is 10.8. The molecule has 1 N–H and O–H groups in total. The molecule has 150 valence electrons. The van der Waals surface area contributed by atoms with Gasteiger partial charge in [0.15, 0.2) is 7.26 Å². The van der Waals surface area contributed by atoms with Gasteiger partial charge in [-0.1, -0.05) is 72.8 Å². The summed E-state index contributed by atoms with van der Waals surface area (Å²) in [6.07, 6.45) is 0. The number of allylic oxidation sites excluding steroid dienone is 1. The Bertz CT molecular complexity index is 1110. The van der Waals surface area contributed by atoms with Gasteiger partial charge in [0.05, 0.1) is 0 Å². The van der Waals surface area contributed by atoms with Crippen LogP contribution in [-0.4, -0.2) is 0 Å². The van der Waals surface area contributed by atoms with E-state index in [0.29, 0.717) is 10.3 Å². The average molecular weight is 438 g/mol. The van der Waals surface area contributed by atoms with Crippen LogP contribution >= 0.6 is 19.9 Å². The third-order valence-corrected chi connectivity index (χ3v) is 9.86. The Morgan fingerprint density at radius 3 is 1.32 bits per heavy atom. The highest BCUT2D eigenvalue weighted by Crippen LogP contribution is 2.63.